The summed E-state index contributed by atoms with van der Waals surface area (Å²) < 4.78 is 5.55. The monoisotopic (exact) mass is 411 g/mol. The molecule has 0 unspecified atom stereocenters. The lowest BCUT2D eigenvalue weighted by Crippen LogP contribution is -2.37. The Morgan fingerprint density at radius 3 is 2.79 bits per heavy atom. The van der Waals surface area contributed by atoms with Gasteiger partial charge >= 0.3 is 6.03 Å². The molecule has 1 heterocycles. The van der Waals surface area contributed by atoms with Gasteiger partial charge in [-0.3, -0.25) is 4.79 Å². The fraction of sp³-hybridized carbons (Fsp3) is 0.273. The predicted octanol–water partition coefficient (Wildman–Crippen LogP) is 4.78. The van der Waals surface area contributed by atoms with Crippen molar-refractivity contribution < 1.29 is 9.53 Å². The number of nitrogens with one attached hydrogen (secondary N) is 2. The third-order valence-corrected chi connectivity index (χ3v) is 5.10. The lowest BCUT2D eigenvalue weighted by molar-refractivity contribution is 0.206. The fourth-order valence-electron chi connectivity index (χ4n) is 3.30. The van der Waals surface area contributed by atoms with Crippen LogP contribution >= 0.6 is 11.6 Å². The van der Waals surface area contributed by atoms with Crippen molar-refractivity contribution in [1.82, 2.24) is 9.88 Å². The average Bonchev–Trinajstić information content (AvgIpc) is 3.52. The van der Waals surface area contributed by atoms with Crippen LogP contribution in [-0.2, 0) is 6.54 Å². The quantitative estimate of drug-likeness (QED) is 0.613. The average molecular weight is 412 g/mol. The topological polar surface area (TPSA) is 74.4 Å². The van der Waals surface area contributed by atoms with Gasteiger partial charge in [0.15, 0.2) is 0 Å². The lowest BCUT2D eigenvalue weighted by Gasteiger charge is -2.23. The number of H-pyrrole nitrogens is 1. The first-order valence-electron chi connectivity index (χ1n) is 9.65. The van der Waals surface area contributed by atoms with Crippen LogP contribution < -0.4 is 15.6 Å². The highest BCUT2D eigenvalue weighted by Crippen LogP contribution is 2.29. The maximum absolute atomic E-state index is 12.9. The van der Waals surface area contributed by atoms with Crippen LogP contribution in [0.4, 0.5) is 10.5 Å². The molecule has 1 aliphatic rings. The van der Waals surface area contributed by atoms with Crippen molar-refractivity contribution in [2.24, 2.45) is 0 Å². The van der Waals surface area contributed by atoms with Crippen LogP contribution in [0.2, 0.25) is 5.02 Å². The van der Waals surface area contributed by atoms with Crippen LogP contribution in [0.15, 0.2) is 53.3 Å². The van der Waals surface area contributed by atoms with Crippen molar-refractivity contribution in [3.05, 3.63) is 69.5 Å². The van der Waals surface area contributed by atoms with Crippen molar-refractivity contribution in [1.29, 1.82) is 0 Å². The SMILES string of the molecule is CCOc1ccc2[nH]c(=O)c(CN(C(=O)Nc3cccc(Cl)c3)C3CC3)cc2c1. The molecule has 150 valence electrons. The second kappa shape index (κ2) is 8.17. The summed E-state index contributed by atoms with van der Waals surface area (Å²) in [6, 6.07) is 14.3. The Labute approximate surface area is 173 Å². The first-order valence-corrected chi connectivity index (χ1v) is 10.0. The number of nitrogens with zero attached hydrogens (tertiary/aromatic N) is 1. The zero-order valence-electron chi connectivity index (χ0n) is 16.1. The predicted molar refractivity (Wildman–Crippen MR) is 115 cm³/mol. The molecule has 1 fully saturated rings. The molecule has 7 heteroatoms. The van der Waals surface area contributed by atoms with E-state index in [4.69, 9.17) is 16.3 Å². The third-order valence-electron chi connectivity index (χ3n) is 4.87. The van der Waals surface area contributed by atoms with E-state index in [1.165, 1.54) is 0 Å². The molecule has 2 aromatic carbocycles. The van der Waals surface area contributed by atoms with Gasteiger partial charge in [-0.2, -0.15) is 0 Å². The van der Waals surface area contributed by atoms with Gasteiger partial charge in [-0.15, -0.1) is 0 Å². The van der Waals surface area contributed by atoms with Crippen molar-refractivity contribution >= 4 is 34.2 Å². The summed E-state index contributed by atoms with van der Waals surface area (Å²) in [6.07, 6.45) is 1.87. The van der Waals surface area contributed by atoms with Gasteiger partial charge in [-0.25, -0.2) is 4.79 Å². The number of aromatic amines is 1. The Balaban J connectivity index is 1.59. The highest BCUT2D eigenvalue weighted by Gasteiger charge is 2.33. The number of hydrogen-bond acceptors (Lipinski definition) is 3. The van der Waals surface area contributed by atoms with Crippen LogP contribution in [-0.4, -0.2) is 28.6 Å². The number of aromatic nitrogens is 1. The Morgan fingerprint density at radius 2 is 2.07 bits per heavy atom. The largest absolute Gasteiger partial charge is 0.494 e. The number of ether oxygens (including phenoxy) is 1. The molecule has 0 radical (unpaired) electrons. The molecule has 6 nitrogen and oxygen atoms in total. The van der Waals surface area contributed by atoms with Gasteiger partial charge in [0, 0.05) is 33.2 Å². The number of fused-ring (bicyclic) bond motifs is 1. The minimum Gasteiger partial charge on any atom is -0.494 e. The Kier molecular flexibility index (Phi) is 5.45. The minimum absolute atomic E-state index is 0.138. The number of halogens is 1. The van der Waals surface area contributed by atoms with Crippen LogP contribution in [0.25, 0.3) is 10.9 Å². The Bertz CT molecular complexity index is 1110. The van der Waals surface area contributed by atoms with Crippen molar-refractivity contribution in [2.75, 3.05) is 11.9 Å². The molecule has 2 N–H and O–H groups in total. The van der Waals surface area contributed by atoms with Crippen molar-refractivity contribution in [3.63, 3.8) is 0 Å². The van der Waals surface area contributed by atoms with Gasteiger partial charge in [0.2, 0.25) is 0 Å². The number of urea groups is 1. The second-order valence-electron chi connectivity index (χ2n) is 7.11. The number of benzene rings is 2. The zero-order chi connectivity index (χ0) is 20.4. The van der Waals surface area contributed by atoms with Crippen LogP contribution in [0.1, 0.15) is 25.3 Å². The van der Waals surface area contributed by atoms with Crippen LogP contribution in [0, 0.1) is 0 Å². The Hall–Kier alpha value is -2.99. The number of rotatable bonds is 6. The van der Waals surface area contributed by atoms with E-state index >= 15 is 0 Å². The molecule has 0 spiro atoms. The number of pyridine rings is 1. The zero-order valence-corrected chi connectivity index (χ0v) is 16.8. The summed E-state index contributed by atoms with van der Waals surface area (Å²) in [5, 5.41) is 4.30. The van der Waals surface area contributed by atoms with Gasteiger partial charge in [-0.05, 0) is 62.2 Å². The summed E-state index contributed by atoms with van der Waals surface area (Å²) in [6.45, 7) is 2.73. The molecule has 0 bridgehead atoms. The maximum atomic E-state index is 12.9. The number of anilines is 1. The standard InChI is InChI=1S/C22H22ClN3O3/c1-2-29-19-8-9-20-14(11-19)10-15(21(27)25-20)13-26(18-6-7-18)22(28)24-17-5-3-4-16(23)12-17/h3-5,8-12,18H,2,6-7,13H2,1H3,(H,24,28)(H,25,27). The fourth-order valence-corrected chi connectivity index (χ4v) is 3.49. The second-order valence-corrected chi connectivity index (χ2v) is 7.54. The summed E-state index contributed by atoms with van der Waals surface area (Å²) >= 11 is 6.00. The van der Waals surface area contributed by atoms with Gasteiger partial charge < -0.3 is 19.9 Å². The third kappa shape index (κ3) is 4.54. The number of carbonyl (C=O) groups excluding carboxylic acids is 1. The summed E-state index contributed by atoms with van der Waals surface area (Å²) in [4.78, 5) is 30.1. The van der Waals surface area contributed by atoms with E-state index in [-0.39, 0.29) is 24.2 Å². The van der Waals surface area contributed by atoms with Crippen molar-refractivity contribution in [3.8, 4) is 5.75 Å². The molecule has 1 saturated carbocycles. The molecule has 0 aliphatic heterocycles. The Morgan fingerprint density at radius 1 is 1.24 bits per heavy atom. The molecular formula is C22H22ClN3O3. The number of hydrogen-bond donors (Lipinski definition) is 2. The molecule has 29 heavy (non-hydrogen) atoms. The van der Waals surface area contributed by atoms with E-state index in [0.717, 1.165) is 29.5 Å². The van der Waals surface area contributed by atoms with E-state index < -0.39 is 0 Å². The molecule has 1 aromatic heterocycles. The maximum Gasteiger partial charge on any atom is 0.322 e. The van der Waals surface area contributed by atoms with Gasteiger partial charge in [-0.1, -0.05) is 17.7 Å². The van der Waals surface area contributed by atoms with Crippen LogP contribution in [0.3, 0.4) is 0 Å². The minimum atomic E-state index is -0.239. The number of carbonyl (C=O) groups is 1. The number of amides is 2. The van der Waals surface area contributed by atoms with E-state index in [1.54, 1.807) is 29.2 Å². The first kappa shape index (κ1) is 19.3. The molecule has 3 aromatic rings. The van der Waals surface area contributed by atoms with Crippen molar-refractivity contribution in [2.45, 2.75) is 32.4 Å². The highest BCUT2D eigenvalue weighted by atomic mass is 35.5. The molecule has 4 rings (SSSR count). The highest BCUT2D eigenvalue weighted by molar-refractivity contribution is 6.30. The molecule has 0 saturated heterocycles. The molecule has 1 aliphatic carbocycles. The lowest BCUT2D eigenvalue weighted by atomic mass is 10.1. The van der Waals surface area contributed by atoms with Crippen LogP contribution in [0.5, 0.6) is 5.75 Å². The van der Waals surface area contributed by atoms with Gasteiger partial charge in [0.1, 0.15) is 5.75 Å². The van der Waals surface area contributed by atoms with Gasteiger partial charge in [0.05, 0.1) is 13.2 Å². The van der Waals surface area contributed by atoms with E-state index in [0.29, 0.717) is 22.9 Å². The summed E-state index contributed by atoms with van der Waals surface area (Å²) in [7, 11) is 0. The molecule has 0 atom stereocenters. The smallest absolute Gasteiger partial charge is 0.322 e. The van der Waals surface area contributed by atoms with E-state index in [9.17, 15) is 9.59 Å². The summed E-state index contributed by atoms with van der Waals surface area (Å²) in [5.41, 5.74) is 1.72. The normalized spacial score (nSPS) is 13.3. The van der Waals surface area contributed by atoms with E-state index in [2.05, 4.69) is 10.3 Å². The summed E-state index contributed by atoms with van der Waals surface area (Å²) in [5.74, 6) is 0.746. The first-order chi connectivity index (χ1) is 14.0. The molecular weight excluding hydrogens is 390 g/mol. The van der Waals surface area contributed by atoms with Gasteiger partial charge in [0.25, 0.3) is 5.56 Å². The molecule has 2 amide bonds. The van der Waals surface area contributed by atoms with E-state index in [1.807, 2.05) is 31.2 Å².